The SMILES string of the molecule is C=[C](S(=O)(=O)c1ccccc1)[Sn]([CH2]CCC)([CH2]CCC)[CH2]CCC. The second-order valence-electron chi connectivity index (χ2n) is 6.83. The Morgan fingerprint density at radius 3 is 1.67 bits per heavy atom. The maximum absolute atomic E-state index is 13.2. The molecule has 1 rings (SSSR count). The van der Waals surface area contributed by atoms with Crippen molar-refractivity contribution in [1.29, 1.82) is 0 Å². The molecular formula is C20H34O2SSn. The molecule has 0 N–H and O–H groups in total. The number of rotatable bonds is 12. The normalized spacial score (nSPS) is 12.3. The summed E-state index contributed by atoms with van der Waals surface area (Å²) in [7, 11) is -3.39. The van der Waals surface area contributed by atoms with Gasteiger partial charge in [0.05, 0.1) is 0 Å². The van der Waals surface area contributed by atoms with Crippen molar-refractivity contribution in [3.05, 3.63) is 39.8 Å². The summed E-state index contributed by atoms with van der Waals surface area (Å²) in [6.07, 6.45) is 6.84. The van der Waals surface area contributed by atoms with Crippen LogP contribution in [0.3, 0.4) is 0 Å². The average Bonchev–Trinajstić information content (AvgIpc) is 2.61. The van der Waals surface area contributed by atoms with Gasteiger partial charge in [-0.2, -0.15) is 0 Å². The monoisotopic (exact) mass is 458 g/mol. The van der Waals surface area contributed by atoms with Gasteiger partial charge in [-0.25, -0.2) is 0 Å². The molecule has 0 heterocycles. The van der Waals surface area contributed by atoms with E-state index in [-0.39, 0.29) is 0 Å². The minimum atomic E-state index is -3.39. The van der Waals surface area contributed by atoms with E-state index in [1.165, 1.54) is 0 Å². The first-order valence-corrected chi connectivity index (χ1v) is 18.4. The zero-order valence-corrected chi connectivity index (χ0v) is 19.4. The van der Waals surface area contributed by atoms with Crippen molar-refractivity contribution in [2.45, 2.75) is 77.5 Å². The molecule has 2 nitrogen and oxygen atoms in total. The van der Waals surface area contributed by atoms with Gasteiger partial charge in [0.15, 0.2) is 0 Å². The van der Waals surface area contributed by atoms with Crippen LogP contribution in [0.15, 0.2) is 44.7 Å². The summed E-state index contributed by atoms with van der Waals surface area (Å²) in [6.45, 7) is 10.8. The molecule has 0 aliphatic rings. The topological polar surface area (TPSA) is 34.1 Å². The van der Waals surface area contributed by atoms with Gasteiger partial charge in [0, 0.05) is 0 Å². The van der Waals surface area contributed by atoms with Crippen molar-refractivity contribution in [2.75, 3.05) is 0 Å². The summed E-state index contributed by atoms with van der Waals surface area (Å²) >= 11 is -2.97. The van der Waals surface area contributed by atoms with Crippen LogP contribution in [0, 0.1) is 0 Å². The summed E-state index contributed by atoms with van der Waals surface area (Å²) in [4.78, 5) is 0.431. The van der Waals surface area contributed by atoms with Gasteiger partial charge in [0.1, 0.15) is 0 Å². The van der Waals surface area contributed by atoms with Crippen LogP contribution >= 0.6 is 0 Å². The summed E-state index contributed by atoms with van der Waals surface area (Å²) in [6, 6.07) is 8.92. The van der Waals surface area contributed by atoms with E-state index in [0.29, 0.717) is 7.82 Å². The Morgan fingerprint density at radius 2 is 1.29 bits per heavy atom. The van der Waals surface area contributed by atoms with E-state index in [1.807, 2.05) is 18.2 Å². The first-order chi connectivity index (χ1) is 11.4. The zero-order valence-electron chi connectivity index (χ0n) is 15.7. The molecule has 0 atom stereocenters. The molecule has 0 bridgehead atoms. The van der Waals surface area contributed by atoms with E-state index in [4.69, 9.17) is 0 Å². The third-order valence-corrected chi connectivity index (χ3v) is 26.3. The Hall–Kier alpha value is -0.291. The van der Waals surface area contributed by atoms with Crippen molar-refractivity contribution in [3.8, 4) is 0 Å². The molecule has 0 saturated heterocycles. The number of hydrogen-bond donors (Lipinski definition) is 0. The van der Waals surface area contributed by atoms with Crippen molar-refractivity contribution in [3.63, 3.8) is 0 Å². The second-order valence-corrected chi connectivity index (χ2v) is 23.1. The number of unbranched alkanes of at least 4 members (excludes halogenated alkanes) is 3. The summed E-state index contributed by atoms with van der Waals surface area (Å²) in [5.74, 6) is 0. The molecule has 0 fully saturated rings. The number of hydrogen-bond acceptors (Lipinski definition) is 2. The van der Waals surface area contributed by atoms with Crippen LogP contribution in [0.2, 0.25) is 13.3 Å². The molecular weight excluding hydrogens is 423 g/mol. The average molecular weight is 457 g/mol. The van der Waals surface area contributed by atoms with Crippen LogP contribution in [0.5, 0.6) is 0 Å². The molecule has 0 unspecified atom stereocenters. The third kappa shape index (κ3) is 5.62. The fourth-order valence-electron chi connectivity index (χ4n) is 3.37. The standard InChI is InChI=1S/C8H7O2S.3C4H9.Sn/c1-2-11(9,10)8-6-4-3-5-7-8;3*1-3-4-2;/h3-7H,1H2;3*1,3-4H2,2H3;. The Balaban J connectivity index is 3.25. The van der Waals surface area contributed by atoms with E-state index in [1.54, 1.807) is 12.1 Å². The van der Waals surface area contributed by atoms with Gasteiger partial charge in [-0.3, -0.25) is 0 Å². The van der Waals surface area contributed by atoms with E-state index < -0.39 is 28.2 Å². The molecule has 4 heteroatoms. The van der Waals surface area contributed by atoms with Crippen LogP contribution in [-0.4, -0.2) is 26.8 Å². The molecule has 0 saturated carbocycles. The first-order valence-electron chi connectivity index (χ1n) is 9.44. The van der Waals surface area contributed by atoms with Crippen LogP contribution in [0.1, 0.15) is 59.3 Å². The molecule has 136 valence electrons. The van der Waals surface area contributed by atoms with Crippen LogP contribution in [0.25, 0.3) is 0 Å². The predicted molar refractivity (Wildman–Crippen MR) is 108 cm³/mol. The Labute approximate surface area is 153 Å². The maximum atomic E-state index is 13.2. The second kappa shape index (κ2) is 10.6. The molecule has 0 spiro atoms. The fraction of sp³-hybridized carbons (Fsp3) is 0.600. The number of sulfone groups is 1. The third-order valence-electron chi connectivity index (χ3n) is 5.00. The van der Waals surface area contributed by atoms with Crippen molar-refractivity contribution in [2.24, 2.45) is 0 Å². The van der Waals surface area contributed by atoms with E-state index >= 15 is 0 Å². The molecule has 0 aliphatic heterocycles. The molecule has 1 aromatic carbocycles. The molecule has 24 heavy (non-hydrogen) atoms. The summed E-state index contributed by atoms with van der Waals surface area (Å²) < 4.78 is 30.5. The first kappa shape index (κ1) is 21.8. The van der Waals surface area contributed by atoms with Crippen LogP contribution in [0.4, 0.5) is 0 Å². The van der Waals surface area contributed by atoms with Crippen LogP contribution < -0.4 is 0 Å². The van der Waals surface area contributed by atoms with Gasteiger partial charge in [0.2, 0.25) is 0 Å². The van der Waals surface area contributed by atoms with E-state index in [2.05, 4.69) is 27.4 Å². The molecule has 0 radical (unpaired) electrons. The van der Waals surface area contributed by atoms with Gasteiger partial charge in [-0.15, -0.1) is 0 Å². The molecule has 0 amide bonds. The number of benzene rings is 1. The van der Waals surface area contributed by atoms with Gasteiger partial charge in [0.25, 0.3) is 0 Å². The quantitative estimate of drug-likeness (QED) is 0.342. The van der Waals surface area contributed by atoms with Gasteiger partial charge >= 0.3 is 154 Å². The zero-order chi connectivity index (χ0) is 18.1. The Kier molecular flexibility index (Phi) is 9.65. The predicted octanol–water partition coefficient (Wildman–Crippen LogP) is 6.36. The van der Waals surface area contributed by atoms with Crippen LogP contribution in [-0.2, 0) is 9.84 Å². The summed E-state index contributed by atoms with van der Waals surface area (Å²) in [5.41, 5.74) is 0. The van der Waals surface area contributed by atoms with Crippen molar-refractivity contribution >= 4 is 28.2 Å². The Bertz CT molecular complexity index is 572. The van der Waals surface area contributed by atoms with Gasteiger partial charge in [-0.1, -0.05) is 0 Å². The van der Waals surface area contributed by atoms with Gasteiger partial charge in [-0.05, 0) is 0 Å². The molecule has 0 aromatic heterocycles. The molecule has 0 aliphatic carbocycles. The summed E-state index contributed by atoms with van der Waals surface area (Å²) in [5, 5.41) is 0. The molecule has 1 aromatic rings. The fourth-order valence-corrected chi connectivity index (χ4v) is 26.0. The minimum absolute atomic E-state index is 0.431. The van der Waals surface area contributed by atoms with Crippen molar-refractivity contribution in [1.82, 2.24) is 0 Å². The van der Waals surface area contributed by atoms with Gasteiger partial charge < -0.3 is 0 Å². The van der Waals surface area contributed by atoms with E-state index in [0.717, 1.165) is 51.8 Å². The van der Waals surface area contributed by atoms with Crippen molar-refractivity contribution < 1.29 is 8.42 Å². The van der Waals surface area contributed by atoms with E-state index in [9.17, 15) is 8.42 Å². The Morgan fingerprint density at radius 1 is 0.875 bits per heavy atom.